The molecule has 1 aliphatic rings. The van der Waals surface area contributed by atoms with E-state index in [0.29, 0.717) is 5.57 Å². The van der Waals surface area contributed by atoms with Crippen molar-refractivity contribution >= 4 is 28.9 Å². The highest BCUT2D eigenvalue weighted by molar-refractivity contribution is 6.35. The van der Waals surface area contributed by atoms with E-state index in [1.165, 1.54) is 12.1 Å². The Kier molecular flexibility index (Phi) is 4.11. The number of nitrogens with zero attached hydrogens (tertiary/aromatic N) is 3. The van der Waals surface area contributed by atoms with E-state index < -0.39 is 4.92 Å². The number of nitro groups is 1. The van der Waals surface area contributed by atoms with Gasteiger partial charge in [-0.25, -0.2) is 0 Å². The molecule has 1 amide bonds. The minimum Gasteiger partial charge on any atom is -0.318 e. The average Bonchev–Trinajstić information content (AvgIpc) is 3.10. The SMILES string of the molecule is Cc1cc(/C=C2/C(=O)N(C)c3ccccc32)c(C)n1-c1ccc([N+](=O)[O-])cc1. The smallest absolute Gasteiger partial charge is 0.269 e. The number of aryl methyl sites for hydroxylation is 1. The van der Waals surface area contributed by atoms with Crippen molar-refractivity contribution in [2.45, 2.75) is 13.8 Å². The highest BCUT2D eigenvalue weighted by atomic mass is 16.6. The third-order valence-electron chi connectivity index (χ3n) is 5.18. The number of nitro benzene ring substituents is 1. The second-order valence-electron chi connectivity index (χ2n) is 6.87. The Morgan fingerprint density at radius 1 is 1.04 bits per heavy atom. The van der Waals surface area contributed by atoms with Gasteiger partial charge in [-0.1, -0.05) is 18.2 Å². The summed E-state index contributed by atoms with van der Waals surface area (Å²) in [5.41, 5.74) is 6.32. The molecule has 0 spiro atoms. The molecule has 2 heterocycles. The van der Waals surface area contributed by atoms with Crippen LogP contribution in [0, 0.1) is 24.0 Å². The molecule has 140 valence electrons. The van der Waals surface area contributed by atoms with E-state index in [1.807, 2.05) is 54.8 Å². The van der Waals surface area contributed by atoms with Crippen LogP contribution in [0.15, 0.2) is 54.6 Å². The van der Waals surface area contributed by atoms with Gasteiger partial charge in [0.25, 0.3) is 11.6 Å². The van der Waals surface area contributed by atoms with E-state index in [4.69, 9.17) is 0 Å². The summed E-state index contributed by atoms with van der Waals surface area (Å²) in [4.78, 5) is 24.9. The number of fused-ring (bicyclic) bond motifs is 1. The van der Waals surface area contributed by atoms with Crippen LogP contribution in [0.4, 0.5) is 11.4 Å². The van der Waals surface area contributed by atoms with Crippen molar-refractivity contribution in [2.75, 3.05) is 11.9 Å². The number of carbonyl (C=O) groups is 1. The number of hydrogen-bond acceptors (Lipinski definition) is 3. The van der Waals surface area contributed by atoms with Gasteiger partial charge < -0.3 is 9.47 Å². The molecule has 0 N–H and O–H groups in total. The maximum atomic E-state index is 12.7. The van der Waals surface area contributed by atoms with E-state index in [-0.39, 0.29) is 11.6 Å². The second-order valence-corrected chi connectivity index (χ2v) is 6.87. The lowest BCUT2D eigenvalue weighted by Crippen LogP contribution is -2.20. The zero-order valence-corrected chi connectivity index (χ0v) is 15.8. The van der Waals surface area contributed by atoms with Crippen molar-refractivity contribution in [1.29, 1.82) is 0 Å². The van der Waals surface area contributed by atoms with Gasteiger partial charge in [0.2, 0.25) is 0 Å². The highest BCUT2D eigenvalue weighted by Gasteiger charge is 2.29. The van der Waals surface area contributed by atoms with Crippen LogP contribution in [-0.4, -0.2) is 22.4 Å². The van der Waals surface area contributed by atoms with Gasteiger partial charge in [0.15, 0.2) is 0 Å². The van der Waals surface area contributed by atoms with Gasteiger partial charge in [0.05, 0.1) is 10.6 Å². The fraction of sp³-hybridized carbons (Fsp3) is 0.136. The maximum Gasteiger partial charge on any atom is 0.269 e. The second kappa shape index (κ2) is 6.49. The molecule has 6 heteroatoms. The molecule has 3 aromatic rings. The molecule has 2 aromatic carbocycles. The van der Waals surface area contributed by atoms with Crippen molar-refractivity contribution in [3.63, 3.8) is 0 Å². The van der Waals surface area contributed by atoms with E-state index >= 15 is 0 Å². The van der Waals surface area contributed by atoms with Crippen LogP contribution >= 0.6 is 0 Å². The van der Waals surface area contributed by atoms with Crippen molar-refractivity contribution < 1.29 is 9.72 Å². The van der Waals surface area contributed by atoms with Gasteiger partial charge >= 0.3 is 0 Å². The van der Waals surface area contributed by atoms with Gasteiger partial charge in [0.1, 0.15) is 0 Å². The first-order valence-electron chi connectivity index (χ1n) is 8.91. The monoisotopic (exact) mass is 373 g/mol. The summed E-state index contributed by atoms with van der Waals surface area (Å²) in [6.07, 6.45) is 1.93. The number of non-ortho nitro benzene ring substituents is 1. The van der Waals surface area contributed by atoms with Gasteiger partial charge in [-0.15, -0.1) is 0 Å². The number of carbonyl (C=O) groups excluding carboxylic acids is 1. The van der Waals surface area contributed by atoms with Crippen LogP contribution in [0.2, 0.25) is 0 Å². The molecule has 0 fully saturated rings. The lowest BCUT2D eigenvalue weighted by molar-refractivity contribution is -0.384. The quantitative estimate of drug-likeness (QED) is 0.385. The summed E-state index contributed by atoms with van der Waals surface area (Å²) >= 11 is 0. The number of hydrogen-bond donors (Lipinski definition) is 0. The zero-order chi connectivity index (χ0) is 20.0. The topological polar surface area (TPSA) is 68.4 Å². The Morgan fingerprint density at radius 2 is 1.71 bits per heavy atom. The lowest BCUT2D eigenvalue weighted by Gasteiger charge is -2.09. The van der Waals surface area contributed by atoms with E-state index in [1.54, 1.807) is 24.1 Å². The van der Waals surface area contributed by atoms with Crippen LogP contribution in [0.3, 0.4) is 0 Å². The van der Waals surface area contributed by atoms with Crippen molar-refractivity contribution in [3.8, 4) is 5.69 Å². The van der Waals surface area contributed by atoms with E-state index in [9.17, 15) is 14.9 Å². The summed E-state index contributed by atoms with van der Waals surface area (Å²) < 4.78 is 2.03. The molecule has 1 aliphatic heterocycles. The molecule has 6 nitrogen and oxygen atoms in total. The number of benzene rings is 2. The molecule has 1 aromatic heterocycles. The van der Waals surface area contributed by atoms with Crippen LogP contribution in [0.1, 0.15) is 22.5 Å². The molecule has 0 aliphatic carbocycles. The number of aromatic nitrogens is 1. The van der Waals surface area contributed by atoms with Gasteiger partial charge in [-0.2, -0.15) is 0 Å². The third kappa shape index (κ3) is 2.70. The lowest BCUT2D eigenvalue weighted by atomic mass is 10.0. The van der Waals surface area contributed by atoms with Gasteiger partial charge in [0, 0.05) is 47.4 Å². The van der Waals surface area contributed by atoms with Crippen molar-refractivity contribution in [3.05, 3.63) is 87.2 Å². The fourth-order valence-corrected chi connectivity index (χ4v) is 3.75. The number of rotatable bonds is 3. The van der Waals surface area contributed by atoms with Crippen LogP contribution in [0.5, 0.6) is 0 Å². The molecule has 0 radical (unpaired) electrons. The fourth-order valence-electron chi connectivity index (χ4n) is 3.75. The standard InChI is InChI=1S/C22H19N3O3/c1-14-12-16(13-20-19-6-4-5-7-21(19)23(3)22(20)26)15(2)24(14)17-8-10-18(11-9-17)25(27)28/h4-13H,1-3H3/b20-13+. The predicted molar refractivity (Wildman–Crippen MR) is 110 cm³/mol. The average molecular weight is 373 g/mol. The summed E-state index contributed by atoms with van der Waals surface area (Å²) in [5, 5.41) is 10.9. The van der Waals surface area contributed by atoms with Gasteiger partial charge in [-0.3, -0.25) is 14.9 Å². The van der Waals surface area contributed by atoms with Crippen LogP contribution in [-0.2, 0) is 4.79 Å². The Balaban J connectivity index is 1.79. The molecular weight excluding hydrogens is 354 g/mol. The Morgan fingerprint density at radius 3 is 2.39 bits per heavy atom. The number of para-hydroxylation sites is 1. The molecule has 0 saturated heterocycles. The molecule has 4 rings (SSSR count). The van der Waals surface area contributed by atoms with Crippen LogP contribution < -0.4 is 4.90 Å². The number of amides is 1. The minimum absolute atomic E-state index is 0.0265. The summed E-state index contributed by atoms with van der Waals surface area (Å²) in [7, 11) is 1.78. The Labute approximate surface area is 162 Å². The minimum atomic E-state index is -0.408. The Hall–Kier alpha value is -3.67. The van der Waals surface area contributed by atoms with Crippen molar-refractivity contribution in [1.82, 2.24) is 4.57 Å². The highest BCUT2D eigenvalue weighted by Crippen LogP contribution is 2.37. The first-order valence-corrected chi connectivity index (χ1v) is 8.91. The van der Waals surface area contributed by atoms with Gasteiger partial charge in [-0.05, 0) is 49.8 Å². The zero-order valence-electron chi connectivity index (χ0n) is 15.8. The summed E-state index contributed by atoms with van der Waals surface area (Å²) in [6.45, 7) is 3.96. The van der Waals surface area contributed by atoms with Crippen LogP contribution in [0.25, 0.3) is 17.3 Å². The first kappa shape index (κ1) is 17.7. The normalized spacial score (nSPS) is 14.6. The third-order valence-corrected chi connectivity index (χ3v) is 5.18. The number of anilines is 1. The molecular formula is C22H19N3O3. The van der Waals surface area contributed by atoms with E-state index in [2.05, 4.69) is 0 Å². The summed E-state index contributed by atoms with van der Waals surface area (Å²) in [6, 6.07) is 16.2. The van der Waals surface area contributed by atoms with E-state index in [0.717, 1.165) is 33.9 Å². The molecule has 0 unspecified atom stereocenters. The largest absolute Gasteiger partial charge is 0.318 e. The Bertz CT molecular complexity index is 1140. The maximum absolute atomic E-state index is 12.7. The first-order chi connectivity index (χ1) is 13.4. The summed E-state index contributed by atoms with van der Waals surface area (Å²) in [5.74, 6) is -0.0265. The molecule has 28 heavy (non-hydrogen) atoms. The molecule has 0 saturated carbocycles. The van der Waals surface area contributed by atoms with Crippen molar-refractivity contribution in [2.24, 2.45) is 0 Å². The predicted octanol–water partition coefficient (Wildman–Crippen LogP) is 4.52. The molecule has 0 bridgehead atoms. The number of likely N-dealkylation sites (N-methyl/N-ethyl adjacent to an activating group) is 1. The molecule has 0 atom stereocenters.